The van der Waals surface area contributed by atoms with Crippen LogP contribution in [0.5, 0.6) is 0 Å². The Bertz CT molecular complexity index is 334. The van der Waals surface area contributed by atoms with Gasteiger partial charge in [0.1, 0.15) is 0 Å². The molecule has 4 heteroatoms. The molecule has 0 atom stereocenters. The summed E-state index contributed by atoms with van der Waals surface area (Å²) in [6, 6.07) is 5.34. The molecule has 62 valence electrons. The van der Waals surface area contributed by atoms with Crippen LogP contribution in [0.4, 0.5) is 0 Å². The summed E-state index contributed by atoms with van der Waals surface area (Å²) in [4.78, 5) is 13.3. The number of isocyanates is 1. The van der Waals surface area contributed by atoms with Gasteiger partial charge in [-0.3, -0.25) is 0 Å². The molecule has 0 spiro atoms. The smallest absolute Gasteiger partial charge is 0.211 e. The molecular formula is C8H5BrClNO. The van der Waals surface area contributed by atoms with Crippen LogP contribution in [0, 0.1) is 0 Å². The van der Waals surface area contributed by atoms with Gasteiger partial charge in [-0.1, -0.05) is 27.5 Å². The second-order valence-corrected chi connectivity index (χ2v) is 3.43. The molecule has 0 unspecified atom stereocenters. The molecule has 0 aliphatic rings. The number of hydrogen-bond acceptors (Lipinski definition) is 2. The number of rotatable bonds is 2. The Hall–Kier alpha value is -0.630. The Morgan fingerprint density at radius 2 is 2.33 bits per heavy atom. The molecular weight excluding hydrogens is 241 g/mol. The van der Waals surface area contributed by atoms with E-state index in [9.17, 15) is 4.79 Å². The standard InChI is InChI=1S/C8H5BrClNO/c9-8-2-1-7(10)3-6(8)4-11-5-12/h1-3H,4H2. The molecule has 1 aromatic carbocycles. The molecule has 1 aromatic rings. The van der Waals surface area contributed by atoms with Crippen molar-refractivity contribution in [2.24, 2.45) is 4.99 Å². The summed E-state index contributed by atoms with van der Waals surface area (Å²) < 4.78 is 0.894. The van der Waals surface area contributed by atoms with E-state index < -0.39 is 0 Å². The predicted molar refractivity (Wildman–Crippen MR) is 51.0 cm³/mol. The zero-order valence-electron chi connectivity index (χ0n) is 6.05. The van der Waals surface area contributed by atoms with Crippen molar-refractivity contribution in [1.82, 2.24) is 0 Å². The van der Waals surface area contributed by atoms with Crippen LogP contribution < -0.4 is 0 Å². The largest absolute Gasteiger partial charge is 0.235 e. The molecule has 2 nitrogen and oxygen atoms in total. The van der Waals surface area contributed by atoms with Crippen LogP contribution in [0.25, 0.3) is 0 Å². The van der Waals surface area contributed by atoms with Crippen molar-refractivity contribution in [2.75, 3.05) is 0 Å². The zero-order valence-corrected chi connectivity index (χ0v) is 8.39. The van der Waals surface area contributed by atoms with E-state index in [2.05, 4.69) is 20.9 Å². The lowest BCUT2D eigenvalue weighted by molar-refractivity contribution is 0.562. The molecule has 0 saturated heterocycles. The van der Waals surface area contributed by atoms with Gasteiger partial charge in [0.15, 0.2) is 0 Å². The van der Waals surface area contributed by atoms with Crippen LogP contribution in [-0.4, -0.2) is 6.08 Å². The van der Waals surface area contributed by atoms with Gasteiger partial charge in [0, 0.05) is 9.50 Å². The Balaban J connectivity index is 2.96. The molecule has 0 aliphatic carbocycles. The maximum Gasteiger partial charge on any atom is 0.235 e. The van der Waals surface area contributed by atoms with Crippen molar-refractivity contribution in [2.45, 2.75) is 6.54 Å². The van der Waals surface area contributed by atoms with Gasteiger partial charge in [0.2, 0.25) is 6.08 Å². The lowest BCUT2D eigenvalue weighted by atomic mass is 10.2. The predicted octanol–water partition coefficient (Wildman–Crippen LogP) is 2.94. The molecule has 0 aromatic heterocycles. The summed E-state index contributed by atoms with van der Waals surface area (Å²) in [5.74, 6) is 0. The van der Waals surface area contributed by atoms with Gasteiger partial charge >= 0.3 is 0 Å². The number of benzene rings is 1. The number of halogens is 2. The van der Waals surface area contributed by atoms with E-state index in [0.29, 0.717) is 11.6 Å². The minimum Gasteiger partial charge on any atom is -0.211 e. The number of carbonyl (C=O) groups excluding carboxylic acids is 1. The highest BCUT2D eigenvalue weighted by molar-refractivity contribution is 9.10. The highest BCUT2D eigenvalue weighted by Crippen LogP contribution is 2.21. The molecule has 0 N–H and O–H groups in total. The van der Waals surface area contributed by atoms with Crippen LogP contribution >= 0.6 is 27.5 Å². The summed E-state index contributed by atoms with van der Waals surface area (Å²) in [6.07, 6.45) is 1.47. The van der Waals surface area contributed by atoms with Gasteiger partial charge in [0.05, 0.1) is 6.54 Å². The van der Waals surface area contributed by atoms with Gasteiger partial charge in [-0.05, 0) is 23.8 Å². The molecule has 0 bridgehead atoms. The number of hydrogen-bond donors (Lipinski definition) is 0. The first-order chi connectivity index (χ1) is 5.74. The van der Waals surface area contributed by atoms with Crippen LogP contribution in [0.2, 0.25) is 5.02 Å². The molecule has 1 rings (SSSR count). The fourth-order valence-electron chi connectivity index (χ4n) is 0.782. The van der Waals surface area contributed by atoms with E-state index >= 15 is 0 Å². The Kier molecular flexibility index (Phi) is 3.48. The van der Waals surface area contributed by atoms with E-state index in [1.807, 2.05) is 6.07 Å². The lowest BCUT2D eigenvalue weighted by Crippen LogP contribution is -1.82. The average molecular weight is 246 g/mol. The molecule has 0 radical (unpaired) electrons. The summed E-state index contributed by atoms with van der Waals surface area (Å²) in [5, 5.41) is 0.634. The van der Waals surface area contributed by atoms with Crippen molar-refractivity contribution in [3.63, 3.8) is 0 Å². The molecule has 0 heterocycles. The van der Waals surface area contributed by atoms with Crippen LogP contribution in [0.3, 0.4) is 0 Å². The van der Waals surface area contributed by atoms with Crippen molar-refractivity contribution >= 4 is 33.6 Å². The molecule has 0 amide bonds. The normalized spacial score (nSPS) is 9.17. The fourth-order valence-corrected chi connectivity index (χ4v) is 1.35. The van der Waals surface area contributed by atoms with E-state index in [-0.39, 0.29) is 0 Å². The van der Waals surface area contributed by atoms with Gasteiger partial charge in [0.25, 0.3) is 0 Å². The molecule has 0 fully saturated rings. The average Bonchev–Trinajstić information content (AvgIpc) is 2.07. The van der Waals surface area contributed by atoms with Gasteiger partial charge < -0.3 is 0 Å². The minimum absolute atomic E-state index is 0.310. The molecule has 0 aliphatic heterocycles. The van der Waals surface area contributed by atoms with E-state index in [0.717, 1.165) is 10.0 Å². The first-order valence-corrected chi connectivity index (χ1v) is 4.38. The summed E-state index contributed by atoms with van der Waals surface area (Å²) in [7, 11) is 0. The maximum atomic E-state index is 9.83. The highest BCUT2D eigenvalue weighted by Gasteiger charge is 1.98. The third-order valence-corrected chi connectivity index (χ3v) is 2.33. The van der Waals surface area contributed by atoms with E-state index in [1.165, 1.54) is 6.08 Å². The summed E-state index contributed by atoms with van der Waals surface area (Å²) >= 11 is 9.05. The number of aliphatic imine (C=N–C) groups is 1. The quantitative estimate of drug-likeness (QED) is 0.583. The first-order valence-electron chi connectivity index (χ1n) is 3.21. The van der Waals surface area contributed by atoms with Crippen molar-refractivity contribution in [3.8, 4) is 0 Å². The summed E-state index contributed by atoms with van der Waals surface area (Å²) in [5.41, 5.74) is 0.880. The maximum absolute atomic E-state index is 9.83. The second-order valence-electron chi connectivity index (χ2n) is 2.14. The zero-order chi connectivity index (χ0) is 8.97. The van der Waals surface area contributed by atoms with Crippen molar-refractivity contribution < 1.29 is 4.79 Å². The third kappa shape index (κ3) is 2.45. The highest BCUT2D eigenvalue weighted by atomic mass is 79.9. The van der Waals surface area contributed by atoms with E-state index in [4.69, 9.17) is 11.6 Å². The minimum atomic E-state index is 0.310. The third-order valence-electron chi connectivity index (χ3n) is 1.32. The second kappa shape index (κ2) is 4.41. The van der Waals surface area contributed by atoms with Crippen LogP contribution in [0.15, 0.2) is 27.7 Å². The van der Waals surface area contributed by atoms with Gasteiger partial charge in [-0.25, -0.2) is 9.79 Å². The molecule has 0 saturated carbocycles. The SMILES string of the molecule is O=C=NCc1cc(Cl)ccc1Br. The van der Waals surface area contributed by atoms with Crippen LogP contribution in [-0.2, 0) is 11.3 Å². The Morgan fingerprint density at radius 1 is 1.58 bits per heavy atom. The Labute approximate surface area is 83.4 Å². The van der Waals surface area contributed by atoms with Crippen molar-refractivity contribution in [3.05, 3.63) is 33.3 Å². The Morgan fingerprint density at radius 3 is 3.00 bits per heavy atom. The topological polar surface area (TPSA) is 29.4 Å². The monoisotopic (exact) mass is 245 g/mol. The van der Waals surface area contributed by atoms with Gasteiger partial charge in [-0.2, -0.15) is 0 Å². The lowest BCUT2D eigenvalue weighted by Gasteiger charge is -1.99. The van der Waals surface area contributed by atoms with E-state index in [1.54, 1.807) is 12.1 Å². The summed E-state index contributed by atoms with van der Waals surface area (Å²) in [6.45, 7) is 0.310. The first kappa shape index (κ1) is 9.46. The van der Waals surface area contributed by atoms with Crippen LogP contribution in [0.1, 0.15) is 5.56 Å². The molecule has 12 heavy (non-hydrogen) atoms. The number of nitrogens with zero attached hydrogens (tertiary/aromatic N) is 1. The fraction of sp³-hybridized carbons (Fsp3) is 0.125. The van der Waals surface area contributed by atoms with Crippen molar-refractivity contribution in [1.29, 1.82) is 0 Å². The van der Waals surface area contributed by atoms with Gasteiger partial charge in [-0.15, -0.1) is 0 Å².